The number of para-hydroxylation sites is 1. The number of hydrogen-bond donors (Lipinski definition) is 1. The van der Waals surface area contributed by atoms with E-state index in [2.05, 4.69) is 10.2 Å². The van der Waals surface area contributed by atoms with E-state index < -0.39 is 17.0 Å². The largest absolute Gasteiger partial charge is 0.494 e. The summed E-state index contributed by atoms with van der Waals surface area (Å²) in [5, 5.41) is 8.39. The van der Waals surface area contributed by atoms with Crippen molar-refractivity contribution < 1.29 is 13.9 Å². The molecule has 1 amide bonds. The van der Waals surface area contributed by atoms with Crippen LogP contribution < -0.4 is 10.5 Å². The highest BCUT2D eigenvalue weighted by molar-refractivity contribution is 8.00. The molecule has 0 bridgehead atoms. The van der Waals surface area contributed by atoms with E-state index in [9.17, 15) is 9.18 Å². The Morgan fingerprint density at radius 1 is 1.18 bits per heavy atom. The van der Waals surface area contributed by atoms with Gasteiger partial charge in [-0.3, -0.25) is 9.36 Å². The fourth-order valence-corrected chi connectivity index (χ4v) is 3.64. The first-order chi connectivity index (χ1) is 13.5. The summed E-state index contributed by atoms with van der Waals surface area (Å²) < 4.78 is 21.7. The van der Waals surface area contributed by atoms with Gasteiger partial charge in [-0.2, -0.15) is 0 Å². The van der Waals surface area contributed by atoms with Gasteiger partial charge in [0, 0.05) is 5.56 Å². The smallest absolute Gasteiger partial charge is 0.231 e. The van der Waals surface area contributed by atoms with Crippen LogP contribution in [-0.2, 0) is 4.79 Å². The standard InChI is InChI=1S/C20H21FN4O2S/c1-3-17(18(22)26)28-20-24-23-19(13-9-11-14(12-10-13)27-4-2)25(20)16-8-6-5-7-15(16)21/h5-12,17H,3-4H2,1-2H3,(H2,22,26). The van der Waals surface area contributed by atoms with Crippen LogP contribution >= 0.6 is 11.8 Å². The Balaban J connectivity index is 2.10. The van der Waals surface area contributed by atoms with E-state index in [4.69, 9.17) is 10.5 Å². The first kappa shape index (κ1) is 19.9. The predicted octanol–water partition coefficient (Wildman–Crippen LogP) is 3.83. The van der Waals surface area contributed by atoms with Crippen LogP contribution in [0.5, 0.6) is 5.75 Å². The molecule has 28 heavy (non-hydrogen) atoms. The lowest BCUT2D eigenvalue weighted by molar-refractivity contribution is -0.117. The van der Waals surface area contributed by atoms with Crippen molar-refractivity contribution in [3.63, 3.8) is 0 Å². The number of ether oxygens (including phenoxy) is 1. The number of hydrogen-bond acceptors (Lipinski definition) is 5. The number of rotatable bonds is 8. The second-order valence-corrected chi connectivity index (χ2v) is 7.14. The second kappa shape index (κ2) is 8.88. The van der Waals surface area contributed by atoms with E-state index in [1.807, 2.05) is 38.1 Å². The Labute approximate surface area is 166 Å². The number of thioether (sulfide) groups is 1. The van der Waals surface area contributed by atoms with Crippen molar-refractivity contribution in [2.75, 3.05) is 6.61 Å². The molecule has 0 saturated heterocycles. The van der Waals surface area contributed by atoms with Gasteiger partial charge in [0.2, 0.25) is 5.91 Å². The number of nitrogens with zero attached hydrogens (tertiary/aromatic N) is 3. The van der Waals surface area contributed by atoms with E-state index in [0.29, 0.717) is 29.7 Å². The molecule has 0 saturated carbocycles. The highest BCUT2D eigenvalue weighted by Crippen LogP contribution is 2.32. The average Bonchev–Trinajstić information content (AvgIpc) is 3.10. The van der Waals surface area contributed by atoms with E-state index >= 15 is 0 Å². The SMILES string of the molecule is CCOc1ccc(-c2nnc(SC(CC)C(N)=O)n2-c2ccccc2F)cc1. The molecule has 0 spiro atoms. The molecule has 1 atom stereocenters. The van der Waals surface area contributed by atoms with Crippen molar-refractivity contribution in [1.82, 2.24) is 14.8 Å². The molecule has 8 heteroatoms. The molecule has 146 valence electrons. The Morgan fingerprint density at radius 2 is 1.89 bits per heavy atom. The lowest BCUT2D eigenvalue weighted by Gasteiger charge is -2.14. The van der Waals surface area contributed by atoms with E-state index in [1.165, 1.54) is 17.8 Å². The van der Waals surface area contributed by atoms with Crippen molar-refractivity contribution in [3.05, 3.63) is 54.3 Å². The third kappa shape index (κ3) is 4.17. The number of nitrogens with two attached hydrogens (primary N) is 1. The molecule has 2 aromatic carbocycles. The number of halogens is 1. The molecule has 0 aliphatic carbocycles. The predicted molar refractivity (Wildman–Crippen MR) is 107 cm³/mol. The Morgan fingerprint density at radius 3 is 2.50 bits per heavy atom. The van der Waals surface area contributed by atoms with Crippen LogP contribution in [0.1, 0.15) is 20.3 Å². The molecule has 2 N–H and O–H groups in total. The molecule has 0 aliphatic rings. The second-order valence-electron chi connectivity index (χ2n) is 5.97. The van der Waals surface area contributed by atoms with Crippen molar-refractivity contribution >= 4 is 17.7 Å². The normalized spacial score (nSPS) is 12.0. The van der Waals surface area contributed by atoms with Gasteiger partial charge in [0.05, 0.1) is 17.5 Å². The van der Waals surface area contributed by atoms with Gasteiger partial charge < -0.3 is 10.5 Å². The topological polar surface area (TPSA) is 83.0 Å². The first-order valence-corrected chi connectivity index (χ1v) is 9.82. The quantitative estimate of drug-likeness (QED) is 0.581. The molecule has 3 aromatic rings. The van der Waals surface area contributed by atoms with Crippen molar-refractivity contribution in [2.45, 2.75) is 30.7 Å². The lowest BCUT2D eigenvalue weighted by atomic mass is 10.2. The number of primary amides is 1. The zero-order valence-corrected chi connectivity index (χ0v) is 16.4. The summed E-state index contributed by atoms with van der Waals surface area (Å²) in [5.41, 5.74) is 6.52. The minimum atomic E-state index is -0.483. The van der Waals surface area contributed by atoms with Crippen LogP contribution in [-0.4, -0.2) is 32.5 Å². The van der Waals surface area contributed by atoms with Crippen LogP contribution in [0, 0.1) is 5.82 Å². The molecule has 0 aliphatic heterocycles. The Bertz CT molecular complexity index is 959. The minimum Gasteiger partial charge on any atom is -0.494 e. The summed E-state index contributed by atoms with van der Waals surface area (Å²) in [6.45, 7) is 4.34. The molecule has 6 nitrogen and oxygen atoms in total. The first-order valence-electron chi connectivity index (χ1n) is 8.94. The summed E-state index contributed by atoms with van der Waals surface area (Å²) >= 11 is 1.18. The molecule has 1 heterocycles. The minimum absolute atomic E-state index is 0.304. The van der Waals surface area contributed by atoms with Crippen molar-refractivity contribution in [1.29, 1.82) is 0 Å². The summed E-state index contributed by atoms with van der Waals surface area (Å²) in [5.74, 6) is 0.342. The van der Waals surface area contributed by atoms with E-state index in [0.717, 1.165) is 11.3 Å². The highest BCUT2D eigenvalue weighted by Gasteiger charge is 2.23. The number of aromatic nitrogens is 3. The van der Waals surface area contributed by atoms with Gasteiger partial charge in [-0.1, -0.05) is 30.8 Å². The molecule has 3 rings (SSSR count). The maximum atomic E-state index is 14.6. The van der Waals surface area contributed by atoms with Gasteiger partial charge >= 0.3 is 0 Å². The zero-order chi connectivity index (χ0) is 20.1. The summed E-state index contributed by atoms with van der Waals surface area (Å²) in [4.78, 5) is 11.7. The maximum absolute atomic E-state index is 14.6. The monoisotopic (exact) mass is 400 g/mol. The van der Waals surface area contributed by atoms with E-state index in [-0.39, 0.29) is 0 Å². The molecular formula is C20H21FN4O2S. The van der Waals surface area contributed by atoms with Crippen LogP contribution in [0.15, 0.2) is 53.7 Å². The molecule has 0 radical (unpaired) electrons. The van der Waals surface area contributed by atoms with Gasteiger partial charge in [0.1, 0.15) is 11.6 Å². The number of benzene rings is 2. The van der Waals surface area contributed by atoms with Crippen molar-refractivity contribution in [3.8, 4) is 22.8 Å². The number of amides is 1. The van der Waals surface area contributed by atoms with Crippen LogP contribution in [0.2, 0.25) is 0 Å². The lowest BCUT2D eigenvalue weighted by Crippen LogP contribution is -2.25. The van der Waals surface area contributed by atoms with Gasteiger partial charge in [-0.15, -0.1) is 10.2 Å². The van der Waals surface area contributed by atoms with Gasteiger partial charge in [-0.25, -0.2) is 4.39 Å². The Kier molecular flexibility index (Phi) is 6.30. The average molecular weight is 400 g/mol. The van der Waals surface area contributed by atoms with Crippen LogP contribution in [0.25, 0.3) is 17.1 Å². The van der Waals surface area contributed by atoms with E-state index in [1.54, 1.807) is 22.8 Å². The summed E-state index contributed by atoms with van der Waals surface area (Å²) in [7, 11) is 0. The summed E-state index contributed by atoms with van der Waals surface area (Å²) in [6, 6.07) is 13.7. The van der Waals surface area contributed by atoms with Crippen LogP contribution in [0.3, 0.4) is 0 Å². The molecule has 1 unspecified atom stereocenters. The fourth-order valence-electron chi connectivity index (χ4n) is 2.72. The third-order valence-electron chi connectivity index (χ3n) is 4.09. The van der Waals surface area contributed by atoms with Gasteiger partial charge in [0.25, 0.3) is 0 Å². The fraction of sp³-hybridized carbons (Fsp3) is 0.250. The molecule has 0 fully saturated rings. The number of carbonyl (C=O) groups excluding carboxylic acids is 1. The maximum Gasteiger partial charge on any atom is 0.231 e. The molecule has 1 aromatic heterocycles. The highest BCUT2D eigenvalue weighted by atomic mass is 32.2. The zero-order valence-electron chi connectivity index (χ0n) is 15.6. The summed E-state index contributed by atoms with van der Waals surface area (Å²) in [6.07, 6.45) is 0.530. The third-order valence-corrected chi connectivity index (χ3v) is 5.41. The van der Waals surface area contributed by atoms with Gasteiger partial charge in [0.15, 0.2) is 11.0 Å². The van der Waals surface area contributed by atoms with Crippen LogP contribution in [0.4, 0.5) is 4.39 Å². The molecular weight excluding hydrogens is 379 g/mol. The van der Waals surface area contributed by atoms with Crippen molar-refractivity contribution in [2.24, 2.45) is 5.73 Å². The van der Waals surface area contributed by atoms with Gasteiger partial charge in [-0.05, 0) is 49.7 Å². The number of carbonyl (C=O) groups is 1. The Hall–Kier alpha value is -2.87.